The van der Waals surface area contributed by atoms with Crippen molar-refractivity contribution >= 4 is 20.0 Å². The number of hydrogen-bond donors (Lipinski definition) is 2. The molecule has 0 radical (unpaired) electrons. The maximum Gasteiger partial charge on any atom is 0.216 e. The lowest BCUT2D eigenvalue weighted by Gasteiger charge is -1.97. The SMILES string of the molecule is O=S(=O)(NCF)C1CC1.O=S(=O)(NCF)C1CC1. The molecule has 0 heterocycles. The molecule has 0 bridgehead atoms. The predicted molar refractivity (Wildman–Crippen MR) is 62.1 cm³/mol. The van der Waals surface area contributed by atoms with Crippen LogP contribution in [-0.4, -0.2) is 40.9 Å². The lowest BCUT2D eigenvalue weighted by atomic mass is 11.0. The van der Waals surface area contributed by atoms with Crippen molar-refractivity contribution in [1.29, 1.82) is 0 Å². The van der Waals surface area contributed by atoms with Crippen LogP contribution in [0, 0.1) is 0 Å². The molecular weight excluding hydrogens is 290 g/mol. The van der Waals surface area contributed by atoms with E-state index in [2.05, 4.69) is 0 Å². The van der Waals surface area contributed by atoms with Gasteiger partial charge in [-0.2, -0.15) is 9.44 Å². The lowest BCUT2D eigenvalue weighted by Crippen LogP contribution is -2.26. The van der Waals surface area contributed by atoms with E-state index in [1.165, 1.54) is 0 Å². The highest BCUT2D eigenvalue weighted by Crippen LogP contribution is 2.27. The highest BCUT2D eigenvalue weighted by atomic mass is 32.2. The molecule has 2 fully saturated rings. The smallest absolute Gasteiger partial charge is 0.216 e. The predicted octanol–water partition coefficient (Wildman–Crippen LogP) is -0.00960. The van der Waals surface area contributed by atoms with Crippen molar-refractivity contribution in [1.82, 2.24) is 9.44 Å². The average Bonchev–Trinajstić information content (AvgIpc) is 3.11. The van der Waals surface area contributed by atoms with Gasteiger partial charge in [0.2, 0.25) is 20.0 Å². The van der Waals surface area contributed by atoms with Gasteiger partial charge >= 0.3 is 0 Å². The molecule has 0 unspecified atom stereocenters. The number of halogens is 2. The van der Waals surface area contributed by atoms with Crippen LogP contribution in [0.5, 0.6) is 0 Å². The van der Waals surface area contributed by atoms with Crippen LogP contribution in [0.3, 0.4) is 0 Å². The summed E-state index contributed by atoms with van der Waals surface area (Å²) in [6.07, 6.45) is 2.70. The Hall–Kier alpha value is -0.320. The summed E-state index contributed by atoms with van der Waals surface area (Å²) in [7, 11) is -6.52. The van der Waals surface area contributed by atoms with Crippen molar-refractivity contribution in [2.75, 3.05) is 13.6 Å². The van der Waals surface area contributed by atoms with Crippen molar-refractivity contribution < 1.29 is 25.6 Å². The van der Waals surface area contributed by atoms with E-state index in [0.29, 0.717) is 25.7 Å². The van der Waals surface area contributed by atoms with E-state index in [1.54, 1.807) is 9.44 Å². The van der Waals surface area contributed by atoms with Crippen LogP contribution in [0.1, 0.15) is 25.7 Å². The monoisotopic (exact) mass is 306 g/mol. The molecule has 10 heteroatoms. The molecule has 2 N–H and O–H groups in total. The van der Waals surface area contributed by atoms with E-state index in [4.69, 9.17) is 0 Å². The van der Waals surface area contributed by atoms with Crippen molar-refractivity contribution in [3.63, 3.8) is 0 Å². The van der Waals surface area contributed by atoms with Gasteiger partial charge in [0.25, 0.3) is 0 Å². The topological polar surface area (TPSA) is 92.3 Å². The Bertz CT molecular complexity index is 413. The highest BCUT2D eigenvalue weighted by Gasteiger charge is 2.35. The summed E-state index contributed by atoms with van der Waals surface area (Å²) in [4.78, 5) is 0. The molecule has 0 spiro atoms. The van der Waals surface area contributed by atoms with Crippen molar-refractivity contribution in [2.24, 2.45) is 0 Å². The van der Waals surface area contributed by atoms with Crippen molar-refractivity contribution in [3.05, 3.63) is 0 Å². The zero-order valence-corrected chi connectivity index (χ0v) is 11.2. The van der Waals surface area contributed by atoms with Gasteiger partial charge < -0.3 is 0 Å². The first kappa shape index (κ1) is 15.7. The highest BCUT2D eigenvalue weighted by molar-refractivity contribution is 7.90. The Morgan fingerprint density at radius 2 is 1.06 bits per heavy atom. The Morgan fingerprint density at radius 1 is 0.778 bits per heavy atom. The van der Waals surface area contributed by atoms with E-state index in [9.17, 15) is 25.6 Å². The van der Waals surface area contributed by atoms with Crippen LogP contribution in [0.15, 0.2) is 0 Å². The molecule has 2 saturated carbocycles. The van der Waals surface area contributed by atoms with Crippen LogP contribution in [0.4, 0.5) is 8.78 Å². The van der Waals surface area contributed by atoms with Gasteiger partial charge in [-0.3, -0.25) is 0 Å². The lowest BCUT2D eigenvalue weighted by molar-refractivity contribution is 0.467. The van der Waals surface area contributed by atoms with Gasteiger partial charge in [0.1, 0.15) is 0 Å². The van der Waals surface area contributed by atoms with Gasteiger partial charge in [-0.1, -0.05) is 0 Å². The molecule has 0 aromatic rings. The van der Waals surface area contributed by atoms with E-state index < -0.39 is 33.6 Å². The standard InChI is InChI=1S/2C4H8FNO2S/c2*5-3-6-9(7,8)4-1-2-4/h2*4,6H,1-3H2. The second kappa shape index (κ2) is 6.22. The molecule has 2 aliphatic rings. The minimum absolute atomic E-state index is 0.312. The third kappa shape index (κ3) is 5.12. The van der Waals surface area contributed by atoms with Gasteiger partial charge in [0, 0.05) is 0 Å². The summed E-state index contributed by atoms with van der Waals surface area (Å²) in [6.45, 7) is -1.97. The minimum Gasteiger partial charge on any atom is -0.233 e. The first-order valence-corrected chi connectivity index (χ1v) is 8.51. The summed E-state index contributed by atoms with van der Waals surface area (Å²) in [5.41, 5.74) is 0. The van der Waals surface area contributed by atoms with Crippen molar-refractivity contribution in [3.8, 4) is 0 Å². The third-order valence-corrected chi connectivity index (χ3v) is 6.16. The van der Waals surface area contributed by atoms with Crippen LogP contribution >= 0.6 is 0 Å². The molecule has 2 rings (SSSR count). The number of nitrogens with one attached hydrogen (secondary N) is 2. The van der Waals surface area contributed by atoms with E-state index in [0.717, 1.165) is 0 Å². The Balaban J connectivity index is 0.000000180. The number of sulfonamides is 2. The second-order valence-corrected chi connectivity index (χ2v) is 8.14. The first-order chi connectivity index (χ1) is 8.33. The third-order valence-electron chi connectivity index (χ3n) is 2.44. The van der Waals surface area contributed by atoms with Crippen LogP contribution in [0.25, 0.3) is 0 Å². The Labute approximate surface area is 105 Å². The Kier molecular flexibility index (Phi) is 5.44. The zero-order chi connectivity index (χ0) is 13.8. The van der Waals surface area contributed by atoms with Crippen LogP contribution < -0.4 is 9.44 Å². The summed E-state index contributed by atoms with van der Waals surface area (Å²) < 4.78 is 68.9. The molecule has 0 amide bonds. The second-order valence-electron chi connectivity index (χ2n) is 4.04. The molecule has 108 valence electrons. The normalized spacial score (nSPS) is 20.1. The van der Waals surface area contributed by atoms with E-state index in [1.807, 2.05) is 0 Å². The maximum absolute atomic E-state index is 11.4. The fraction of sp³-hybridized carbons (Fsp3) is 1.00. The summed E-state index contributed by atoms with van der Waals surface area (Å²) in [5, 5.41) is -0.624. The number of rotatable bonds is 6. The minimum atomic E-state index is -3.26. The molecule has 2 aliphatic carbocycles. The summed E-state index contributed by atoms with van der Waals surface area (Å²) in [5.74, 6) is 0. The maximum atomic E-state index is 11.4. The van der Waals surface area contributed by atoms with Gasteiger partial charge in [-0.25, -0.2) is 25.6 Å². The van der Waals surface area contributed by atoms with Gasteiger partial charge in [0.15, 0.2) is 13.6 Å². The molecule has 0 aromatic heterocycles. The quantitative estimate of drug-likeness (QED) is 0.675. The zero-order valence-electron chi connectivity index (χ0n) is 9.60. The van der Waals surface area contributed by atoms with E-state index >= 15 is 0 Å². The molecule has 0 saturated heterocycles. The van der Waals surface area contributed by atoms with E-state index in [-0.39, 0.29) is 10.5 Å². The first-order valence-electron chi connectivity index (χ1n) is 5.42. The summed E-state index contributed by atoms with van der Waals surface area (Å²) >= 11 is 0. The van der Waals surface area contributed by atoms with Gasteiger partial charge in [0.05, 0.1) is 10.5 Å². The fourth-order valence-electron chi connectivity index (χ4n) is 1.14. The Morgan fingerprint density at radius 3 is 1.22 bits per heavy atom. The molecule has 6 nitrogen and oxygen atoms in total. The largest absolute Gasteiger partial charge is 0.233 e. The fourth-order valence-corrected chi connectivity index (χ4v) is 3.43. The van der Waals surface area contributed by atoms with Crippen molar-refractivity contribution in [2.45, 2.75) is 36.2 Å². The average molecular weight is 306 g/mol. The van der Waals surface area contributed by atoms with Gasteiger partial charge in [-0.05, 0) is 25.7 Å². The number of alkyl halides is 2. The molecule has 0 aliphatic heterocycles. The summed E-state index contributed by atoms with van der Waals surface area (Å²) in [6, 6.07) is 0. The molecular formula is C8H16F2N2O4S2. The molecule has 18 heavy (non-hydrogen) atoms. The van der Waals surface area contributed by atoms with Crippen LogP contribution in [-0.2, 0) is 20.0 Å². The number of hydrogen-bond acceptors (Lipinski definition) is 4. The van der Waals surface area contributed by atoms with Gasteiger partial charge in [-0.15, -0.1) is 0 Å². The van der Waals surface area contributed by atoms with Crippen LogP contribution in [0.2, 0.25) is 0 Å². The molecule has 0 aromatic carbocycles. The molecule has 0 atom stereocenters.